The molecular weight excluding hydrogens is 381 g/mol. The third-order valence-corrected chi connectivity index (χ3v) is 5.44. The van der Waals surface area contributed by atoms with Crippen molar-refractivity contribution < 1.29 is 17.6 Å². The summed E-state index contributed by atoms with van der Waals surface area (Å²) in [5.74, 6) is -1.09. The molecule has 142 valence electrons. The van der Waals surface area contributed by atoms with Crippen molar-refractivity contribution >= 4 is 27.7 Å². The Balaban J connectivity index is 1.97. The summed E-state index contributed by atoms with van der Waals surface area (Å²) in [6.45, 7) is 0. The fourth-order valence-corrected chi connectivity index (χ4v) is 3.77. The second kappa shape index (κ2) is 8.10. The van der Waals surface area contributed by atoms with Gasteiger partial charge >= 0.3 is 0 Å². The van der Waals surface area contributed by atoms with E-state index in [0.29, 0.717) is 11.1 Å². The minimum Gasteiger partial charge on any atom is -0.308 e. The molecule has 28 heavy (non-hydrogen) atoms. The van der Waals surface area contributed by atoms with Crippen LogP contribution in [0, 0.1) is 11.2 Å². The number of nitrogens with one attached hydrogen (secondary N) is 2. The zero-order chi connectivity index (χ0) is 20.1. The van der Waals surface area contributed by atoms with Gasteiger partial charge < -0.3 is 5.41 Å². The topological polar surface area (TPSA) is 100.0 Å². The number of carbonyl (C=O) groups excluding carboxylic acids is 1. The van der Waals surface area contributed by atoms with Crippen LogP contribution in [-0.4, -0.2) is 25.4 Å². The highest BCUT2D eigenvalue weighted by Crippen LogP contribution is 2.26. The zero-order valence-corrected chi connectivity index (χ0v) is 15.4. The lowest BCUT2D eigenvalue weighted by atomic mass is 9.98. The van der Waals surface area contributed by atoms with Gasteiger partial charge in [0.2, 0.25) is 0 Å². The van der Waals surface area contributed by atoms with Gasteiger partial charge in [0.1, 0.15) is 5.82 Å². The van der Waals surface area contributed by atoms with Gasteiger partial charge in [0.15, 0.2) is 5.78 Å². The van der Waals surface area contributed by atoms with E-state index in [1.165, 1.54) is 30.6 Å². The molecule has 0 fully saturated rings. The number of halogens is 1. The molecule has 0 aliphatic heterocycles. The van der Waals surface area contributed by atoms with Crippen molar-refractivity contribution in [2.75, 3.05) is 4.72 Å². The largest absolute Gasteiger partial charge is 0.308 e. The van der Waals surface area contributed by atoms with E-state index < -0.39 is 15.8 Å². The highest BCUT2D eigenvalue weighted by atomic mass is 32.2. The van der Waals surface area contributed by atoms with Crippen LogP contribution in [0.1, 0.15) is 21.5 Å². The number of anilines is 1. The first kappa shape index (κ1) is 19.4. The Hall–Kier alpha value is -3.39. The normalized spacial score (nSPS) is 11.0. The summed E-state index contributed by atoms with van der Waals surface area (Å²) in [7, 11) is -4.05. The quantitative estimate of drug-likeness (QED) is 0.471. The SMILES string of the molecule is N=Cc1c(CC(=O)c2ccncc2)ccc(F)c1NS(=O)(=O)c1ccccc1. The first-order chi connectivity index (χ1) is 13.4. The molecule has 8 heteroatoms. The number of hydrogen-bond acceptors (Lipinski definition) is 5. The van der Waals surface area contributed by atoms with Crippen molar-refractivity contribution in [3.63, 3.8) is 0 Å². The second-order valence-electron chi connectivity index (χ2n) is 5.89. The van der Waals surface area contributed by atoms with Crippen molar-refractivity contribution in [2.24, 2.45) is 0 Å². The molecule has 0 atom stereocenters. The smallest absolute Gasteiger partial charge is 0.262 e. The van der Waals surface area contributed by atoms with E-state index in [4.69, 9.17) is 5.41 Å². The molecule has 0 aliphatic carbocycles. The second-order valence-corrected chi connectivity index (χ2v) is 7.58. The Kier molecular flexibility index (Phi) is 5.60. The van der Waals surface area contributed by atoms with E-state index in [1.807, 2.05) is 0 Å². The van der Waals surface area contributed by atoms with Crippen LogP contribution in [0.15, 0.2) is 71.9 Å². The standard InChI is InChI=1S/C20H16FN3O3S/c21-18-7-6-15(12-19(25)14-8-10-23-11-9-14)17(13-22)20(18)24-28(26,27)16-4-2-1-3-5-16/h1-11,13,22,24H,12H2. The summed E-state index contributed by atoms with van der Waals surface area (Å²) in [6, 6.07) is 13.1. The van der Waals surface area contributed by atoms with Gasteiger partial charge in [-0.1, -0.05) is 24.3 Å². The molecule has 1 aromatic heterocycles. The highest BCUT2D eigenvalue weighted by Gasteiger charge is 2.21. The first-order valence-corrected chi connectivity index (χ1v) is 9.73. The number of rotatable bonds is 7. The molecule has 0 unspecified atom stereocenters. The summed E-state index contributed by atoms with van der Waals surface area (Å²) in [6.07, 6.45) is 3.68. The van der Waals surface area contributed by atoms with Crippen LogP contribution in [0.2, 0.25) is 0 Å². The van der Waals surface area contributed by atoms with Crippen LogP contribution < -0.4 is 4.72 Å². The number of benzene rings is 2. The number of ketones is 1. The summed E-state index contributed by atoms with van der Waals surface area (Å²) in [5.41, 5.74) is 0.395. The number of pyridine rings is 1. The van der Waals surface area contributed by atoms with Gasteiger partial charge in [-0.05, 0) is 35.9 Å². The fourth-order valence-electron chi connectivity index (χ4n) is 2.66. The lowest BCUT2D eigenvalue weighted by molar-refractivity contribution is 0.0993. The Morgan fingerprint density at radius 2 is 1.75 bits per heavy atom. The fraction of sp³-hybridized carbons (Fsp3) is 0.0500. The molecule has 0 aliphatic rings. The van der Waals surface area contributed by atoms with Crippen molar-refractivity contribution in [1.29, 1.82) is 5.41 Å². The summed E-state index contributed by atoms with van der Waals surface area (Å²) >= 11 is 0. The van der Waals surface area contributed by atoms with Crippen molar-refractivity contribution in [3.8, 4) is 0 Å². The van der Waals surface area contributed by atoms with Gasteiger partial charge in [-0.25, -0.2) is 12.8 Å². The molecule has 3 rings (SSSR count). The van der Waals surface area contributed by atoms with Gasteiger partial charge in [0.05, 0.1) is 10.6 Å². The molecule has 0 saturated carbocycles. The van der Waals surface area contributed by atoms with Crippen molar-refractivity contribution in [3.05, 3.63) is 89.5 Å². The van der Waals surface area contributed by atoms with E-state index in [2.05, 4.69) is 9.71 Å². The van der Waals surface area contributed by atoms with E-state index in [9.17, 15) is 17.6 Å². The minimum absolute atomic E-state index is 0.00177. The molecular formula is C20H16FN3O3S. The van der Waals surface area contributed by atoms with Crippen molar-refractivity contribution in [2.45, 2.75) is 11.3 Å². The van der Waals surface area contributed by atoms with Gasteiger partial charge in [-0.2, -0.15) is 0 Å². The number of sulfonamides is 1. The maximum absolute atomic E-state index is 14.4. The highest BCUT2D eigenvalue weighted by molar-refractivity contribution is 7.92. The van der Waals surface area contributed by atoms with Crippen LogP contribution in [0.4, 0.5) is 10.1 Å². The number of aromatic nitrogens is 1. The van der Waals surface area contributed by atoms with E-state index in [-0.39, 0.29) is 28.4 Å². The van der Waals surface area contributed by atoms with E-state index in [1.54, 1.807) is 30.3 Å². The lowest BCUT2D eigenvalue weighted by Gasteiger charge is -2.14. The van der Waals surface area contributed by atoms with Gasteiger partial charge in [-0.15, -0.1) is 0 Å². The molecule has 3 aromatic rings. The Labute approximate surface area is 161 Å². The predicted octanol–water partition coefficient (Wildman–Crippen LogP) is 3.44. The summed E-state index contributed by atoms with van der Waals surface area (Å²) < 4.78 is 41.7. The number of Topliss-reactive ketones (excluding diaryl/α,β-unsaturated/α-hetero) is 1. The maximum Gasteiger partial charge on any atom is 0.262 e. The van der Waals surface area contributed by atoms with Gasteiger partial charge in [-0.3, -0.25) is 14.5 Å². The third-order valence-electron chi connectivity index (χ3n) is 4.07. The molecule has 6 nitrogen and oxygen atoms in total. The molecule has 1 heterocycles. The first-order valence-electron chi connectivity index (χ1n) is 8.25. The summed E-state index contributed by atoms with van der Waals surface area (Å²) in [5, 5.41) is 7.64. The Bertz CT molecular complexity index is 1120. The Morgan fingerprint density at radius 3 is 2.39 bits per heavy atom. The maximum atomic E-state index is 14.4. The van der Waals surface area contributed by atoms with Crippen molar-refractivity contribution in [1.82, 2.24) is 4.98 Å². The van der Waals surface area contributed by atoms with Gasteiger partial charge in [0.25, 0.3) is 10.0 Å². The molecule has 0 bridgehead atoms. The zero-order valence-electron chi connectivity index (χ0n) is 14.6. The van der Waals surface area contributed by atoms with Crippen LogP contribution in [0.25, 0.3) is 0 Å². The number of hydrogen-bond donors (Lipinski definition) is 2. The number of carbonyl (C=O) groups is 1. The molecule has 2 N–H and O–H groups in total. The van der Waals surface area contributed by atoms with E-state index >= 15 is 0 Å². The van der Waals surface area contributed by atoms with Crippen LogP contribution in [0.5, 0.6) is 0 Å². The van der Waals surface area contributed by atoms with Crippen LogP contribution in [-0.2, 0) is 16.4 Å². The molecule has 2 aromatic carbocycles. The predicted molar refractivity (Wildman–Crippen MR) is 104 cm³/mol. The summed E-state index contributed by atoms with van der Waals surface area (Å²) in [4.78, 5) is 16.3. The lowest BCUT2D eigenvalue weighted by Crippen LogP contribution is -2.17. The molecule has 0 radical (unpaired) electrons. The minimum atomic E-state index is -4.05. The van der Waals surface area contributed by atoms with Crippen LogP contribution >= 0.6 is 0 Å². The molecule has 0 amide bonds. The number of nitrogens with zero attached hydrogens (tertiary/aromatic N) is 1. The average molecular weight is 397 g/mol. The third kappa shape index (κ3) is 4.12. The molecule has 0 saturated heterocycles. The van der Waals surface area contributed by atoms with Crippen LogP contribution in [0.3, 0.4) is 0 Å². The van der Waals surface area contributed by atoms with Gasteiger partial charge in [0, 0.05) is 36.2 Å². The van der Waals surface area contributed by atoms with E-state index in [0.717, 1.165) is 12.3 Å². The monoisotopic (exact) mass is 397 g/mol. The average Bonchev–Trinajstić information content (AvgIpc) is 2.71. The molecule has 0 spiro atoms. The Morgan fingerprint density at radius 1 is 1.07 bits per heavy atom.